The molecule has 0 aliphatic carbocycles. The number of benzene rings is 1. The van der Waals surface area contributed by atoms with E-state index in [1.165, 1.54) is 29.3 Å². The maximum atomic E-state index is 14.2. The van der Waals surface area contributed by atoms with Crippen molar-refractivity contribution in [3.63, 3.8) is 0 Å². The largest absolute Gasteiger partial charge is 0.349 e. The molecule has 0 N–H and O–H groups in total. The van der Waals surface area contributed by atoms with Crippen molar-refractivity contribution in [2.45, 2.75) is 31.8 Å². The Morgan fingerprint density at radius 3 is 2.71 bits per heavy atom. The predicted molar refractivity (Wildman–Crippen MR) is 69.2 cm³/mol. The van der Waals surface area contributed by atoms with Crippen LogP contribution in [0.4, 0.5) is 8.78 Å². The summed E-state index contributed by atoms with van der Waals surface area (Å²) in [7, 11) is 0. The molecule has 0 spiro atoms. The molecule has 2 atom stereocenters. The van der Waals surface area contributed by atoms with Gasteiger partial charge < -0.3 is 9.47 Å². The molecule has 0 radical (unpaired) electrons. The smallest absolute Gasteiger partial charge is 0.158 e. The summed E-state index contributed by atoms with van der Waals surface area (Å²) in [5, 5.41) is 8.04. The molecule has 21 heavy (non-hydrogen) atoms. The van der Waals surface area contributed by atoms with E-state index in [9.17, 15) is 8.78 Å². The van der Waals surface area contributed by atoms with Crippen LogP contribution in [0, 0.1) is 11.6 Å². The summed E-state index contributed by atoms with van der Waals surface area (Å²) in [6.07, 6.45) is 3.27. The normalized spacial score (nSPS) is 25.4. The summed E-state index contributed by atoms with van der Waals surface area (Å²) in [4.78, 5) is 1.41. The molecule has 1 fully saturated rings. The fourth-order valence-electron chi connectivity index (χ4n) is 2.47. The zero-order chi connectivity index (χ0) is 14.9. The Bertz CT molecular complexity index is 621. The standard InChI is InChI=1S/C14H15F2N3O2/c1-2-13-20-9-14(21-13,8-19-17-5-6-18-19)11-4-3-10(15)7-12(11)16/h3-7,13H,2,8-9H2,1H3/t13-,14+/m1/s1. The van der Waals surface area contributed by atoms with Gasteiger partial charge in [0, 0.05) is 11.6 Å². The summed E-state index contributed by atoms with van der Waals surface area (Å²) in [5.74, 6) is -1.29. The van der Waals surface area contributed by atoms with Crippen molar-refractivity contribution < 1.29 is 18.3 Å². The van der Waals surface area contributed by atoms with Gasteiger partial charge in [-0.2, -0.15) is 15.0 Å². The minimum absolute atomic E-state index is 0.162. The van der Waals surface area contributed by atoms with E-state index in [1.807, 2.05) is 6.92 Å². The monoisotopic (exact) mass is 295 g/mol. The molecule has 2 aromatic rings. The molecule has 112 valence electrons. The van der Waals surface area contributed by atoms with Crippen LogP contribution in [-0.4, -0.2) is 27.9 Å². The topological polar surface area (TPSA) is 49.2 Å². The van der Waals surface area contributed by atoms with Crippen molar-refractivity contribution in [2.24, 2.45) is 0 Å². The van der Waals surface area contributed by atoms with Crippen LogP contribution in [0.2, 0.25) is 0 Å². The highest BCUT2D eigenvalue weighted by Crippen LogP contribution is 2.37. The number of hydrogen-bond acceptors (Lipinski definition) is 4. The maximum Gasteiger partial charge on any atom is 0.158 e. The van der Waals surface area contributed by atoms with Crippen LogP contribution in [0.3, 0.4) is 0 Å². The van der Waals surface area contributed by atoms with Crippen LogP contribution in [-0.2, 0) is 21.6 Å². The third-order valence-corrected chi connectivity index (χ3v) is 3.48. The molecular formula is C14H15F2N3O2. The van der Waals surface area contributed by atoms with E-state index < -0.39 is 23.5 Å². The van der Waals surface area contributed by atoms with E-state index in [1.54, 1.807) is 0 Å². The van der Waals surface area contributed by atoms with Crippen LogP contribution < -0.4 is 0 Å². The number of nitrogens with zero attached hydrogens (tertiary/aromatic N) is 3. The van der Waals surface area contributed by atoms with E-state index in [0.717, 1.165) is 6.07 Å². The Morgan fingerprint density at radius 1 is 1.33 bits per heavy atom. The first-order valence-corrected chi connectivity index (χ1v) is 6.72. The van der Waals surface area contributed by atoms with Gasteiger partial charge in [0.05, 0.1) is 25.5 Å². The molecule has 3 rings (SSSR count). The second-order valence-corrected chi connectivity index (χ2v) is 4.94. The van der Waals surface area contributed by atoms with E-state index in [4.69, 9.17) is 9.47 Å². The molecule has 5 nitrogen and oxygen atoms in total. The van der Waals surface area contributed by atoms with Crippen LogP contribution in [0.5, 0.6) is 0 Å². The van der Waals surface area contributed by atoms with Crippen molar-refractivity contribution in [3.05, 3.63) is 47.8 Å². The molecular weight excluding hydrogens is 280 g/mol. The van der Waals surface area contributed by atoms with Gasteiger partial charge in [0.15, 0.2) is 6.29 Å². The van der Waals surface area contributed by atoms with E-state index in [-0.39, 0.29) is 18.7 Å². The Balaban J connectivity index is 1.99. The lowest BCUT2D eigenvalue weighted by Gasteiger charge is -2.27. The second-order valence-electron chi connectivity index (χ2n) is 4.94. The van der Waals surface area contributed by atoms with Crippen LogP contribution >= 0.6 is 0 Å². The van der Waals surface area contributed by atoms with Crippen LogP contribution in [0.25, 0.3) is 0 Å². The van der Waals surface area contributed by atoms with Gasteiger partial charge in [-0.25, -0.2) is 8.78 Å². The molecule has 2 heterocycles. The van der Waals surface area contributed by atoms with Gasteiger partial charge in [-0.1, -0.05) is 13.0 Å². The highest BCUT2D eigenvalue weighted by Gasteiger charge is 2.45. The van der Waals surface area contributed by atoms with Crippen molar-refractivity contribution in [1.29, 1.82) is 0 Å². The zero-order valence-electron chi connectivity index (χ0n) is 11.5. The third kappa shape index (κ3) is 2.66. The van der Waals surface area contributed by atoms with Gasteiger partial charge in [0.2, 0.25) is 0 Å². The third-order valence-electron chi connectivity index (χ3n) is 3.48. The first kappa shape index (κ1) is 14.1. The highest BCUT2D eigenvalue weighted by molar-refractivity contribution is 5.26. The summed E-state index contributed by atoms with van der Waals surface area (Å²) >= 11 is 0. The molecule has 0 unspecified atom stereocenters. The molecule has 0 bridgehead atoms. The fraction of sp³-hybridized carbons (Fsp3) is 0.429. The average Bonchev–Trinajstić information content (AvgIpc) is 3.09. The Kier molecular flexibility index (Phi) is 3.69. The molecule has 1 aromatic heterocycles. The number of hydrogen-bond donors (Lipinski definition) is 0. The number of halogens is 2. The quantitative estimate of drug-likeness (QED) is 0.868. The van der Waals surface area contributed by atoms with Gasteiger partial charge in [-0.15, -0.1) is 0 Å². The number of aromatic nitrogens is 3. The molecule has 1 aromatic carbocycles. The molecule has 1 aliphatic heterocycles. The Hall–Kier alpha value is -1.86. The fourth-order valence-corrected chi connectivity index (χ4v) is 2.47. The van der Waals surface area contributed by atoms with E-state index in [0.29, 0.717) is 6.42 Å². The van der Waals surface area contributed by atoms with Gasteiger partial charge in [-0.05, 0) is 12.5 Å². The Labute approximate surface area is 120 Å². The number of rotatable bonds is 4. The minimum atomic E-state index is -1.06. The van der Waals surface area contributed by atoms with Gasteiger partial charge >= 0.3 is 0 Å². The SMILES string of the molecule is CC[C@@H]1OC[C@@](Cn2nccn2)(c2ccc(F)cc2F)O1. The number of ether oxygens (including phenoxy) is 2. The minimum Gasteiger partial charge on any atom is -0.349 e. The zero-order valence-corrected chi connectivity index (χ0v) is 11.5. The van der Waals surface area contributed by atoms with E-state index in [2.05, 4.69) is 10.2 Å². The summed E-state index contributed by atoms with van der Waals surface area (Å²) in [5.41, 5.74) is -0.811. The predicted octanol–water partition coefficient (Wildman–Crippen LogP) is 2.23. The summed E-state index contributed by atoms with van der Waals surface area (Å²) in [6, 6.07) is 3.44. The van der Waals surface area contributed by atoms with Gasteiger partial charge in [0.1, 0.15) is 17.2 Å². The lowest BCUT2D eigenvalue weighted by atomic mass is 9.94. The van der Waals surface area contributed by atoms with Crippen LogP contribution in [0.1, 0.15) is 18.9 Å². The van der Waals surface area contributed by atoms with Crippen molar-refractivity contribution >= 4 is 0 Å². The van der Waals surface area contributed by atoms with Crippen molar-refractivity contribution in [2.75, 3.05) is 6.61 Å². The lowest BCUT2D eigenvalue weighted by Crippen LogP contribution is -2.36. The highest BCUT2D eigenvalue weighted by atomic mass is 19.1. The summed E-state index contributed by atoms with van der Waals surface area (Å²) in [6.45, 7) is 2.27. The molecule has 1 saturated heterocycles. The average molecular weight is 295 g/mol. The maximum absolute atomic E-state index is 14.2. The molecule has 7 heteroatoms. The van der Waals surface area contributed by atoms with Crippen LogP contribution in [0.15, 0.2) is 30.6 Å². The summed E-state index contributed by atoms with van der Waals surface area (Å²) < 4.78 is 38.8. The Morgan fingerprint density at radius 2 is 2.10 bits per heavy atom. The van der Waals surface area contributed by atoms with Gasteiger partial charge in [-0.3, -0.25) is 0 Å². The molecule has 0 amide bonds. The first-order chi connectivity index (χ1) is 10.1. The lowest BCUT2D eigenvalue weighted by molar-refractivity contribution is -0.101. The van der Waals surface area contributed by atoms with Crippen molar-refractivity contribution in [3.8, 4) is 0 Å². The van der Waals surface area contributed by atoms with Crippen molar-refractivity contribution in [1.82, 2.24) is 15.0 Å². The molecule has 0 saturated carbocycles. The molecule has 1 aliphatic rings. The van der Waals surface area contributed by atoms with Gasteiger partial charge in [0.25, 0.3) is 0 Å². The first-order valence-electron chi connectivity index (χ1n) is 6.72. The second kappa shape index (κ2) is 5.50. The van der Waals surface area contributed by atoms with E-state index >= 15 is 0 Å².